The van der Waals surface area contributed by atoms with Gasteiger partial charge in [-0.15, -0.1) is 0 Å². The van der Waals surface area contributed by atoms with Crippen LogP contribution in [-0.4, -0.2) is 26.9 Å². The molecule has 3 N–H and O–H groups in total. The highest BCUT2D eigenvalue weighted by atomic mass is 32.2. The van der Waals surface area contributed by atoms with E-state index in [1.807, 2.05) is 11.8 Å². The maximum absolute atomic E-state index is 5.45. The maximum atomic E-state index is 5.45. The SMILES string of the molecule is CSC1CCC(Nc2nc(N)ns2)C1. The lowest BCUT2D eigenvalue weighted by Gasteiger charge is -2.10. The van der Waals surface area contributed by atoms with Crippen LogP contribution in [0, 0.1) is 0 Å². The molecule has 6 heteroatoms. The zero-order valence-corrected chi connectivity index (χ0v) is 9.70. The van der Waals surface area contributed by atoms with E-state index in [0.29, 0.717) is 12.0 Å². The Kier molecular flexibility index (Phi) is 3.12. The number of nitrogens with two attached hydrogens (primary N) is 1. The van der Waals surface area contributed by atoms with Crippen LogP contribution in [0.4, 0.5) is 11.1 Å². The van der Waals surface area contributed by atoms with Gasteiger partial charge in [0.25, 0.3) is 0 Å². The number of hydrogen-bond acceptors (Lipinski definition) is 6. The Morgan fingerprint density at radius 1 is 1.57 bits per heavy atom. The van der Waals surface area contributed by atoms with Crippen LogP contribution in [0.15, 0.2) is 0 Å². The molecule has 0 aromatic carbocycles. The second-order valence-electron chi connectivity index (χ2n) is 3.47. The van der Waals surface area contributed by atoms with Crippen LogP contribution in [0.1, 0.15) is 19.3 Å². The van der Waals surface area contributed by atoms with E-state index in [2.05, 4.69) is 20.9 Å². The monoisotopic (exact) mass is 230 g/mol. The molecule has 1 saturated carbocycles. The highest BCUT2D eigenvalue weighted by molar-refractivity contribution is 7.99. The molecule has 1 aromatic rings. The molecule has 0 saturated heterocycles. The van der Waals surface area contributed by atoms with Gasteiger partial charge in [0.05, 0.1) is 0 Å². The molecule has 14 heavy (non-hydrogen) atoms. The van der Waals surface area contributed by atoms with Crippen molar-refractivity contribution in [2.24, 2.45) is 0 Å². The second-order valence-corrected chi connectivity index (χ2v) is 5.36. The van der Waals surface area contributed by atoms with E-state index >= 15 is 0 Å². The quantitative estimate of drug-likeness (QED) is 0.829. The minimum absolute atomic E-state index is 0.372. The number of hydrogen-bond donors (Lipinski definition) is 2. The summed E-state index contributed by atoms with van der Waals surface area (Å²) in [5.41, 5.74) is 5.45. The Bertz CT molecular complexity index is 301. The Balaban J connectivity index is 1.87. The number of nitrogens with zero attached hydrogens (tertiary/aromatic N) is 2. The predicted octanol–water partition coefficient (Wildman–Crippen LogP) is 1.82. The van der Waals surface area contributed by atoms with Crippen molar-refractivity contribution in [2.75, 3.05) is 17.3 Å². The van der Waals surface area contributed by atoms with Gasteiger partial charge in [0.1, 0.15) is 0 Å². The zero-order valence-electron chi connectivity index (χ0n) is 8.06. The van der Waals surface area contributed by atoms with Gasteiger partial charge in [0, 0.05) is 22.8 Å². The number of thioether (sulfide) groups is 1. The summed E-state index contributed by atoms with van der Waals surface area (Å²) >= 11 is 3.30. The third-order valence-electron chi connectivity index (χ3n) is 2.49. The Morgan fingerprint density at radius 2 is 2.43 bits per heavy atom. The number of nitrogen functional groups attached to an aromatic ring is 1. The summed E-state index contributed by atoms with van der Waals surface area (Å²) in [7, 11) is 0. The number of nitrogens with one attached hydrogen (secondary N) is 1. The van der Waals surface area contributed by atoms with Crippen molar-refractivity contribution >= 4 is 34.4 Å². The van der Waals surface area contributed by atoms with Gasteiger partial charge in [-0.3, -0.25) is 0 Å². The largest absolute Gasteiger partial charge is 0.367 e. The summed E-state index contributed by atoms with van der Waals surface area (Å²) < 4.78 is 3.94. The molecular formula is C8H14N4S2. The molecule has 1 aliphatic rings. The van der Waals surface area contributed by atoms with Crippen molar-refractivity contribution in [1.29, 1.82) is 0 Å². The minimum Gasteiger partial charge on any atom is -0.367 e. The van der Waals surface area contributed by atoms with Gasteiger partial charge in [-0.05, 0) is 25.5 Å². The Hall–Kier alpha value is -0.490. The number of rotatable bonds is 3. The topological polar surface area (TPSA) is 63.8 Å². The fraction of sp³-hybridized carbons (Fsp3) is 0.750. The van der Waals surface area contributed by atoms with E-state index in [1.54, 1.807) is 0 Å². The van der Waals surface area contributed by atoms with Gasteiger partial charge in [-0.2, -0.15) is 21.1 Å². The molecule has 1 fully saturated rings. The average Bonchev–Trinajstić information content (AvgIpc) is 2.76. The first-order valence-corrected chi connectivity index (χ1v) is 6.72. The summed E-state index contributed by atoms with van der Waals surface area (Å²) in [4.78, 5) is 4.09. The van der Waals surface area contributed by atoms with Gasteiger partial charge >= 0.3 is 0 Å². The second kappa shape index (κ2) is 4.35. The number of aromatic nitrogens is 2. The first-order chi connectivity index (χ1) is 6.78. The molecule has 0 aliphatic heterocycles. The van der Waals surface area contributed by atoms with Gasteiger partial charge in [0.15, 0.2) is 0 Å². The standard InChI is InChI=1S/C8H14N4S2/c1-13-6-3-2-5(4-6)10-8-11-7(9)12-14-8/h5-6H,2-4H2,1H3,(H3,9,10,11,12). The Morgan fingerprint density at radius 3 is 3.00 bits per heavy atom. The average molecular weight is 230 g/mol. The van der Waals surface area contributed by atoms with Crippen LogP contribution in [0.25, 0.3) is 0 Å². The molecular weight excluding hydrogens is 216 g/mol. The van der Waals surface area contributed by atoms with E-state index < -0.39 is 0 Å². The van der Waals surface area contributed by atoms with Gasteiger partial charge in [0.2, 0.25) is 11.1 Å². The summed E-state index contributed by atoms with van der Waals surface area (Å²) in [6.07, 6.45) is 5.93. The Labute approximate surface area is 91.8 Å². The summed E-state index contributed by atoms with van der Waals surface area (Å²) in [5.74, 6) is 0.372. The number of anilines is 2. The van der Waals surface area contributed by atoms with E-state index in [-0.39, 0.29) is 0 Å². The van der Waals surface area contributed by atoms with E-state index in [9.17, 15) is 0 Å². The van der Waals surface area contributed by atoms with E-state index in [4.69, 9.17) is 5.73 Å². The lowest BCUT2D eigenvalue weighted by Crippen LogP contribution is -2.15. The highest BCUT2D eigenvalue weighted by Crippen LogP contribution is 2.30. The van der Waals surface area contributed by atoms with Crippen LogP contribution < -0.4 is 11.1 Å². The van der Waals surface area contributed by atoms with Crippen molar-refractivity contribution in [1.82, 2.24) is 9.36 Å². The normalized spacial score (nSPS) is 26.6. The van der Waals surface area contributed by atoms with Gasteiger partial charge in [-0.25, -0.2) is 0 Å². The van der Waals surface area contributed by atoms with E-state index in [0.717, 1.165) is 10.4 Å². The molecule has 0 spiro atoms. The smallest absolute Gasteiger partial charge is 0.233 e. The van der Waals surface area contributed by atoms with E-state index in [1.165, 1.54) is 30.8 Å². The molecule has 78 valence electrons. The highest BCUT2D eigenvalue weighted by Gasteiger charge is 2.24. The minimum atomic E-state index is 0.372. The first-order valence-electron chi connectivity index (χ1n) is 4.66. The van der Waals surface area contributed by atoms with Crippen molar-refractivity contribution < 1.29 is 0 Å². The van der Waals surface area contributed by atoms with Crippen molar-refractivity contribution in [3.8, 4) is 0 Å². The van der Waals surface area contributed by atoms with Gasteiger partial charge < -0.3 is 11.1 Å². The third-order valence-corrected chi connectivity index (χ3v) is 4.24. The van der Waals surface area contributed by atoms with Crippen LogP contribution in [0.3, 0.4) is 0 Å². The molecule has 2 unspecified atom stereocenters. The molecule has 0 bridgehead atoms. The van der Waals surface area contributed by atoms with Crippen molar-refractivity contribution in [3.63, 3.8) is 0 Å². The van der Waals surface area contributed by atoms with Crippen LogP contribution in [-0.2, 0) is 0 Å². The maximum Gasteiger partial charge on any atom is 0.233 e. The molecule has 0 radical (unpaired) electrons. The molecule has 1 aliphatic carbocycles. The zero-order chi connectivity index (χ0) is 9.97. The van der Waals surface area contributed by atoms with Crippen LogP contribution >= 0.6 is 23.3 Å². The van der Waals surface area contributed by atoms with Crippen molar-refractivity contribution in [2.45, 2.75) is 30.6 Å². The summed E-state index contributed by atoms with van der Waals surface area (Å²) in [6.45, 7) is 0. The summed E-state index contributed by atoms with van der Waals surface area (Å²) in [6, 6.07) is 0.555. The van der Waals surface area contributed by atoms with Crippen molar-refractivity contribution in [3.05, 3.63) is 0 Å². The fourth-order valence-electron chi connectivity index (χ4n) is 1.75. The molecule has 2 rings (SSSR count). The molecule has 4 nitrogen and oxygen atoms in total. The van der Waals surface area contributed by atoms with Crippen LogP contribution in [0.2, 0.25) is 0 Å². The predicted molar refractivity (Wildman–Crippen MR) is 62.9 cm³/mol. The van der Waals surface area contributed by atoms with Gasteiger partial charge in [-0.1, -0.05) is 0 Å². The van der Waals surface area contributed by atoms with Crippen LogP contribution in [0.5, 0.6) is 0 Å². The summed E-state index contributed by atoms with van der Waals surface area (Å²) in [5, 5.41) is 5.04. The fourth-order valence-corrected chi connectivity index (χ4v) is 3.12. The molecule has 1 aromatic heterocycles. The molecule has 1 heterocycles. The lowest BCUT2D eigenvalue weighted by atomic mass is 10.3. The lowest BCUT2D eigenvalue weighted by molar-refractivity contribution is 0.756. The molecule has 0 amide bonds. The third kappa shape index (κ3) is 2.30. The first kappa shape index (κ1) is 10.0. The molecule has 2 atom stereocenters.